The molecular weight excluding hydrogens is 272 g/mol. The fourth-order valence-electron chi connectivity index (χ4n) is 1.54. The molecule has 20 heavy (non-hydrogen) atoms. The molecule has 9 heteroatoms. The summed E-state index contributed by atoms with van der Waals surface area (Å²) in [6.45, 7) is 0. The average molecular weight is 281 g/mol. The quantitative estimate of drug-likeness (QED) is 0.660. The molecule has 2 rings (SSSR count). The van der Waals surface area contributed by atoms with Crippen LogP contribution in [0.15, 0.2) is 24.5 Å². The molecule has 1 aromatic heterocycles. The molecule has 0 amide bonds. The largest absolute Gasteiger partial charge is 0.367 e. The summed E-state index contributed by atoms with van der Waals surface area (Å²) in [5, 5.41) is 16.0. The lowest BCUT2D eigenvalue weighted by atomic mass is 10.3. The second-order valence-electron chi connectivity index (χ2n) is 3.68. The number of nitrogens with one attached hydrogen (secondary N) is 2. The first-order chi connectivity index (χ1) is 9.52. The number of anilines is 3. The highest BCUT2D eigenvalue weighted by atomic mass is 19.1. The van der Waals surface area contributed by atoms with E-state index in [9.17, 15) is 18.9 Å². The van der Waals surface area contributed by atoms with E-state index in [0.29, 0.717) is 6.07 Å². The highest BCUT2D eigenvalue weighted by Crippen LogP contribution is 2.31. The molecule has 1 heterocycles. The monoisotopic (exact) mass is 281 g/mol. The van der Waals surface area contributed by atoms with Gasteiger partial charge in [-0.05, 0) is 12.1 Å². The van der Waals surface area contributed by atoms with Gasteiger partial charge < -0.3 is 10.6 Å². The number of benzene rings is 1. The summed E-state index contributed by atoms with van der Waals surface area (Å²) in [7, 11) is 1.46. The van der Waals surface area contributed by atoms with Gasteiger partial charge in [0.1, 0.15) is 18.0 Å². The lowest BCUT2D eigenvalue weighted by molar-refractivity contribution is -0.383. The van der Waals surface area contributed by atoms with Crippen molar-refractivity contribution < 1.29 is 13.7 Å². The van der Waals surface area contributed by atoms with Gasteiger partial charge in [0.25, 0.3) is 0 Å². The van der Waals surface area contributed by atoms with Gasteiger partial charge in [0.05, 0.1) is 10.6 Å². The van der Waals surface area contributed by atoms with Crippen LogP contribution in [0.3, 0.4) is 0 Å². The molecule has 1 aromatic carbocycles. The first kappa shape index (κ1) is 13.6. The predicted molar refractivity (Wildman–Crippen MR) is 67.9 cm³/mol. The summed E-state index contributed by atoms with van der Waals surface area (Å²) in [5.41, 5.74) is -0.561. The van der Waals surface area contributed by atoms with Gasteiger partial charge in [-0.1, -0.05) is 0 Å². The Bertz CT molecular complexity index is 665. The Morgan fingerprint density at radius 1 is 1.25 bits per heavy atom. The minimum Gasteiger partial charge on any atom is -0.367 e. The molecule has 2 N–H and O–H groups in total. The van der Waals surface area contributed by atoms with Crippen molar-refractivity contribution in [3.05, 3.63) is 46.3 Å². The first-order valence-electron chi connectivity index (χ1n) is 5.42. The van der Waals surface area contributed by atoms with Crippen molar-refractivity contribution in [2.24, 2.45) is 0 Å². The van der Waals surface area contributed by atoms with Gasteiger partial charge in [-0.2, -0.15) is 0 Å². The number of hydrogen-bond acceptors (Lipinski definition) is 6. The third-order valence-corrected chi connectivity index (χ3v) is 2.43. The minimum atomic E-state index is -0.885. The van der Waals surface area contributed by atoms with Gasteiger partial charge in [-0.15, -0.1) is 0 Å². The van der Waals surface area contributed by atoms with Gasteiger partial charge in [0.15, 0.2) is 0 Å². The number of halogens is 2. The molecule has 0 spiro atoms. The van der Waals surface area contributed by atoms with Crippen LogP contribution in [0.25, 0.3) is 0 Å². The maximum Gasteiger partial charge on any atom is 0.353 e. The zero-order chi connectivity index (χ0) is 14.7. The van der Waals surface area contributed by atoms with Crippen LogP contribution in [-0.2, 0) is 0 Å². The second kappa shape index (κ2) is 5.43. The molecule has 2 aromatic rings. The van der Waals surface area contributed by atoms with Crippen molar-refractivity contribution in [1.82, 2.24) is 9.97 Å². The summed E-state index contributed by atoms with van der Waals surface area (Å²) in [4.78, 5) is 17.7. The molecule has 0 radical (unpaired) electrons. The van der Waals surface area contributed by atoms with Crippen molar-refractivity contribution in [2.75, 3.05) is 17.7 Å². The third-order valence-electron chi connectivity index (χ3n) is 2.43. The summed E-state index contributed by atoms with van der Waals surface area (Å²) < 4.78 is 26.3. The molecule has 0 bridgehead atoms. The summed E-state index contributed by atoms with van der Waals surface area (Å²) in [6.07, 6.45) is 1.09. The standard InChI is InChI=1S/C11H9F2N5O2/c1-14-10-9(18(19)20)11(16-5-15-10)17-8-3-2-6(12)4-7(8)13/h2-5H,1H3,(H2,14,15,16,17). The van der Waals surface area contributed by atoms with Crippen LogP contribution in [0.4, 0.5) is 31.8 Å². The van der Waals surface area contributed by atoms with Gasteiger partial charge in [0, 0.05) is 13.1 Å². The SMILES string of the molecule is CNc1ncnc(Nc2ccc(F)cc2F)c1[N+](=O)[O-]. The fraction of sp³-hybridized carbons (Fsp3) is 0.0909. The van der Waals surface area contributed by atoms with Gasteiger partial charge in [-0.25, -0.2) is 18.7 Å². The van der Waals surface area contributed by atoms with Crippen LogP contribution in [0.2, 0.25) is 0 Å². The molecule has 0 atom stereocenters. The smallest absolute Gasteiger partial charge is 0.353 e. The van der Waals surface area contributed by atoms with Crippen molar-refractivity contribution in [1.29, 1.82) is 0 Å². The topological polar surface area (TPSA) is 93.0 Å². The van der Waals surface area contributed by atoms with Crippen LogP contribution < -0.4 is 10.6 Å². The van der Waals surface area contributed by atoms with Crippen LogP contribution in [0, 0.1) is 21.7 Å². The van der Waals surface area contributed by atoms with Crippen LogP contribution in [-0.4, -0.2) is 21.9 Å². The zero-order valence-corrected chi connectivity index (χ0v) is 10.2. The van der Waals surface area contributed by atoms with Gasteiger partial charge in [0.2, 0.25) is 11.6 Å². The summed E-state index contributed by atoms with van der Waals surface area (Å²) in [6, 6.07) is 2.81. The van der Waals surface area contributed by atoms with Crippen molar-refractivity contribution in [3.63, 3.8) is 0 Å². The Hall–Kier alpha value is -2.84. The van der Waals surface area contributed by atoms with Crippen LogP contribution in [0.5, 0.6) is 0 Å². The van der Waals surface area contributed by atoms with Crippen molar-refractivity contribution in [2.45, 2.75) is 0 Å². The summed E-state index contributed by atoms with van der Waals surface area (Å²) in [5.74, 6) is -1.85. The molecule has 7 nitrogen and oxygen atoms in total. The second-order valence-corrected chi connectivity index (χ2v) is 3.68. The molecule has 0 aliphatic carbocycles. The van der Waals surface area contributed by atoms with E-state index in [4.69, 9.17) is 0 Å². The number of nitrogens with zero attached hydrogens (tertiary/aromatic N) is 3. The maximum absolute atomic E-state index is 13.5. The Morgan fingerprint density at radius 2 is 1.95 bits per heavy atom. The molecule has 0 saturated carbocycles. The van der Waals surface area contributed by atoms with Crippen LogP contribution in [0.1, 0.15) is 0 Å². The predicted octanol–water partition coefficient (Wildman–Crippen LogP) is 2.45. The van der Waals surface area contributed by atoms with E-state index >= 15 is 0 Å². The first-order valence-corrected chi connectivity index (χ1v) is 5.42. The minimum absolute atomic E-state index is 0.0185. The highest BCUT2D eigenvalue weighted by Gasteiger charge is 2.22. The Morgan fingerprint density at radius 3 is 2.55 bits per heavy atom. The Kier molecular flexibility index (Phi) is 3.69. The lowest BCUT2D eigenvalue weighted by Crippen LogP contribution is -2.06. The van der Waals surface area contributed by atoms with E-state index < -0.39 is 22.2 Å². The molecule has 0 fully saturated rings. The Balaban J connectivity index is 2.45. The van der Waals surface area contributed by atoms with Gasteiger partial charge in [-0.3, -0.25) is 10.1 Å². The number of rotatable bonds is 4. The number of hydrogen-bond donors (Lipinski definition) is 2. The molecule has 104 valence electrons. The van der Waals surface area contributed by atoms with E-state index in [1.807, 2.05) is 0 Å². The van der Waals surface area contributed by atoms with Crippen molar-refractivity contribution >= 4 is 23.0 Å². The maximum atomic E-state index is 13.5. The molecule has 0 saturated heterocycles. The molecule has 0 unspecified atom stereocenters. The summed E-state index contributed by atoms with van der Waals surface area (Å²) >= 11 is 0. The normalized spacial score (nSPS) is 10.2. The molecule has 0 aliphatic rings. The molecular formula is C11H9F2N5O2. The fourth-order valence-corrected chi connectivity index (χ4v) is 1.54. The third kappa shape index (κ3) is 2.60. The number of nitro groups is 1. The van der Waals surface area contributed by atoms with E-state index in [1.54, 1.807) is 0 Å². The highest BCUT2D eigenvalue weighted by molar-refractivity contribution is 5.73. The van der Waals surface area contributed by atoms with Crippen LogP contribution >= 0.6 is 0 Å². The van der Waals surface area contributed by atoms with Crippen molar-refractivity contribution in [3.8, 4) is 0 Å². The van der Waals surface area contributed by atoms with E-state index in [2.05, 4.69) is 20.6 Å². The molecule has 0 aliphatic heterocycles. The van der Waals surface area contributed by atoms with E-state index in [-0.39, 0.29) is 17.3 Å². The van der Waals surface area contributed by atoms with E-state index in [0.717, 1.165) is 18.5 Å². The zero-order valence-electron chi connectivity index (χ0n) is 10.2. The number of aromatic nitrogens is 2. The lowest BCUT2D eigenvalue weighted by Gasteiger charge is -2.08. The van der Waals surface area contributed by atoms with E-state index in [1.165, 1.54) is 7.05 Å². The van der Waals surface area contributed by atoms with Gasteiger partial charge >= 0.3 is 5.69 Å². The average Bonchev–Trinajstić information content (AvgIpc) is 2.41. The Labute approximate surface area is 111 Å².